The summed E-state index contributed by atoms with van der Waals surface area (Å²) < 4.78 is 28.6. The van der Waals surface area contributed by atoms with E-state index in [1.807, 2.05) is 48.5 Å². The first-order valence-corrected chi connectivity index (χ1v) is 11.0. The molecule has 0 amide bonds. The molecule has 1 fully saturated rings. The van der Waals surface area contributed by atoms with E-state index in [2.05, 4.69) is 15.0 Å². The van der Waals surface area contributed by atoms with Crippen molar-refractivity contribution in [3.8, 4) is 22.8 Å². The van der Waals surface area contributed by atoms with Gasteiger partial charge in [0.2, 0.25) is 5.82 Å². The Balaban J connectivity index is 1.49. The zero-order chi connectivity index (χ0) is 19.6. The van der Waals surface area contributed by atoms with E-state index in [-0.39, 0.29) is 11.5 Å². The molecule has 0 radical (unpaired) electrons. The third-order valence-corrected chi connectivity index (χ3v) is 6.50. The van der Waals surface area contributed by atoms with Crippen molar-refractivity contribution in [2.75, 3.05) is 24.6 Å². The van der Waals surface area contributed by atoms with E-state index < -0.39 is 9.84 Å². The van der Waals surface area contributed by atoms with Crippen LogP contribution in [0.1, 0.15) is 11.1 Å². The molecular weight excluding hydrogens is 376 g/mol. The van der Waals surface area contributed by atoms with Crippen molar-refractivity contribution in [3.63, 3.8) is 0 Å². The lowest BCUT2D eigenvalue weighted by Gasteiger charge is -2.26. The molecule has 4 rings (SSSR count). The molecule has 1 aromatic heterocycles. The van der Waals surface area contributed by atoms with Crippen LogP contribution in [0.25, 0.3) is 22.8 Å². The fourth-order valence-corrected chi connectivity index (χ4v) is 4.49. The molecule has 8 heteroatoms. The van der Waals surface area contributed by atoms with Gasteiger partial charge in [-0.3, -0.25) is 4.90 Å². The van der Waals surface area contributed by atoms with Gasteiger partial charge in [-0.15, -0.1) is 0 Å². The Kier molecular flexibility index (Phi) is 5.25. The third kappa shape index (κ3) is 4.30. The van der Waals surface area contributed by atoms with E-state index in [9.17, 15) is 8.42 Å². The largest absolute Gasteiger partial charge is 0.334 e. The van der Waals surface area contributed by atoms with E-state index in [0.717, 1.165) is 22.3 Å². The molecule has 0 atom stereocenters. The van der Waals surface area contributed by atoms with Crippen LogP contribution in [0.15, 0.2) is 53.1 Å². The molecule has 1 saturated heterocycles. The van der Waals surface area contributed by atoms with Crippen molar-refractivity contribution in [1.82, 2.24) is 15.0 Å². The summed E-state index contributed by atoms with van der Waals surface area (Å²) in [7, 11) is -2.87. The molecule has 0 unspecified atom stereocenters. The molecule has 1 aliphatic heterocycles. The summed E-state index contributed by atoms with van der Waals surface area (Å²) in [5, 5.41) is 4.09. The molecule has 0 spiro atoms. The first-order chi connectivity index (χ1) is 13.5. The number of benzene rings is 2. The molecule has 146 valence electrons. The maximum Gasteiger partial charge on any atom is 0.258 e. The standard InChI is InChI=1S/C20H22N4O3S/c21-13-15-4-6-17(7-5-15)19-22-20(27-23-19)18-3-1-2-16(12-18)14-24-8-10-28(25,26)11-9-24/h1-7,12H,8-11,13-14,21H2. The van der Waals surface area contributed by atoms with E-state index in [0.29, 0.717) is 37.9 Å². The van der Waals surface area contributed by atoms with Gasteiger partial charge in [-0.1, -0.05) is 41.6 Å². The molecule has 2 heterocycles. The van der Waals surface area contributed by atoms with Crippen molar-refractivity contribution in [2.24, 2.45) is 5.73 Å². The third-order valence-electron chi connectivity index (χ3n) is 4.89. The van der Waals surface area contributed by atoms with Gasteiger partial charge in [0.05, 0.1) is 11.5 Å². The fourth-order valence-electron chi connectivity index (χ4n) is 3.22. The summed E-state index contributed by atoms with van der Waals surface area (Å²) in [6.45, 7) is 2.32. The van der Waals surface area contributed by atoms with E-state index in [4.69, 9.17) is 10.3 Å². The maximum absolute atomic E-state index is 11.6. The second-order valence-corrected chi connectivity index (χ2v) is 9.26. The van der Waals surface area contributed by atoms with Crippen LogP contribution in [0.2, 0.25) is 0 Å². The highest BCUT2D eigenvalue weighted by atomic mass is 32.2. The Morgan fingerprint density at radius 2 is 1.75 bits per heavy atom. The van der Waals surface area contributed by atoms with Gasteiger partial charge in [-0.05, 0) is 23.3 Å². The molecule has 2 aromatic carbocycles. The molecule has 7 nitrogen and oxygen atoms in total. The van der Waals surface area contributed by atoms with Crippen LogP contribution < -0.4 is 5.73 Å². The number of sulfone groups is 1. The number of rotatable bonds is 5. The lowest BCUT2D eigenvalue weighted by Crippen LogP contribution is -2.39. The van der Waals surface area contributed by atoms with Gasteiger partial charge in [0.15, 0.2) is 9.84 Å². The normalized spacial score (nSPS) is 16.9. The molecule has 28 heavy (non-hydrogen) atoms. The van der Waals surface area contributed by atoms with E-state index in [1.54, 1.807) is 0 Å². The van der Waals surface area contributed by atoms with Crippen molar-refractivity contribution < 1.29 is 12.9 Å². The summed E-state index contributed by atoms with van der Waals surface area (Å²) in [5.41, 5.74) is 9.48. The van der Waals surface area contributed by atoms with Crippen molar-refractivity contribution in [3.05, 3.63) is 59.7 Å². The van der Waals surface area contributed by atoms with E-state index >= 15 is 0 Å². The second-order valence-electron chi connectivity index (χ2n) is 6.95. The smallest absolute Gasteiger partial charge is 0.258 e. The summed E-state index contributed by atoms with van der Waals surface area (Å²) in [5.74, 6) is 1.44. The van der Waals surface area contributed by atoms with Crippen LogP contribution in [0.4, 0.5) is 0 Å². The zero-order valence-electron chi connectivity index (χ0n) is 15.4. The topological polar surface area (TPSA) is 102 Å². The Hall–Kier alpha value is -2.55. The van der Waals surface area contributed by atoms with Crippen LogP contribution in [-0.4, -0.2) is 48.1 Å². The highest BCUT2D eigenvalue weighted by Crippen LogP contribution is 2.24. The number of hydrogen-bond acceptors (Lipinski definition) is 7. The Morgan fingerprint density at radius 1 is 1.00 bits per heavy atom. The molecule has 0 aliphatic carbocycles. The van der Waals surface area contributed by atoms with Gasteiger partial charge < -0.3 is 10.3 Å². The van der Waals surface area contributed by atoms with Crippen molar-refractivity contribution >= 4 is 9.84 Å². The van der Waals surface area contributed by atoms with E-state index in [1.165, 1.54) is 0 Å². The van der Waals surface area contributed by atoms with Crippen molar-refractivity contribution in [1.29, 1.82) is 0 Å². The zero-order valence-corrected chi connectivity index (χ0v) is 16.2. The lowest BCUT2D eigenvalue weighted by atomic mass is 10.1. The first-order valence-electron chi connectivity index (χ1n) is 9.17. The highest BCUT2D eigenvalue weighted by Gasteiger charge is 2.21. The van der Waals surface area contributed by atoms with Crippen LogP contribution in [0.5, 0.6) is 0 Å². The summed E-state index contributed by atoms with van der Waals surface area (Å²) in [4.78, 5) is 6.66. The molecule has 3 aromatic rings. The Morgan fingerprint density at radius 3 is 2.46 bits per heavy atom. The minimum Gasteiger partial charge on any atom is -0.334 e. The fraction of sp³-hybridized carbons (Fsp3) is 0.300. The van der Waals surface area contributed by atoms with Gasteiger partial charge in [0.25, 0.3) is 5.89 Å². The molecule has 0 bridgehead atoms. The summed E-state index contributed by atoms with van der Waals surface area (Å²) in [6.07, 6.45) is 0. The SMILES string of the molecule is NCc1ccc(-c2noc(-c3cccc(CN4CCS(=O)(=O)CC4)c3)n2)cc1. The minimum atomic E-state index is -2.87. The highest BCUT2D eigenvalue weighted by molar-refractivity contribution is 7.91. The quantitative estimate of drug-likeness (QED) is 0.702. The molecule has 1 aliphatic rings. The molecule has 2 N–H and O–H groups in total. The minimum absolute atomic E-state index is 0.225. The predicted octanol–water partition coefficient (Wildman–Crippen LogP) is 2.09. The van der Waals surface area contributed by atoms with Crippen LogP contribution in [0, 0.1) is 0 Å². The van der Waals surface area contributed by atoms with Crippen LogP contribution >= 0.6 is 0 Å². The van der Waals surface area contributed by atoms with Gasteiger partial charge >= 0.3 is 0 Å². The predicted molar refractivity (Wildman–Crippen MR) is 107 cm³/mol. The summed E-state index contributed by atoms with van der Waals surface area (Å²) >= 11 is 0. The monoisotopic (exact) mass is 398 g/mol. The maximum atomic E-state index is 11.6. The average molecular weight is 398 g/mol. The Bertz CT molecular complexity index is 1050. The van der Waals surface area contributed by atoms with Crippen LogP contribution in [-0.2, 0) is 22.9 Å². The average Bonchev–Trinajstić information content (AvgIpc) is 3.20. The van der Waals surface area contributed by atoms with Gasteiger partial charge in [-0.25, -0.2) is 8.42 Å². The van der Waals surface area contributed by atoms with Gasteiger partial charge in [-0.2, -0.15) is 4.98 Å². The lowest BCUT2D eigenvalue weighted by molar-refractivity contribution is 0.287. The molecular formula is C20H22N4O3S. The first kappa shape index (κ1) is 18.8. The second kappa shape index (κ2) is 7.83. The van der Waals surface area contributed by atoms with Crippen LogP contribution in [0.3, 0.4) is 0 Å². The number of nitrogens with two attached hydrogens (primary N) is 1. The van der Waals surface area contributed by atoms with Crippen molar-refractivity contribution in [2.45, 2.75) is 13.1 Å². The molecule has 0 saturated carbocycles. The van der Waals surface area contributed by atoms with Gasteiger partial charge in [0.1, 0.15) is 0 Å². The summed E-state index contributed by atoms with van der Waals surface area (Å²) in [6, 6.07) is 15.7. The number of aromatic nitrogens is 2. The Labute approximate surface area is 164 Å². The van der Waals surface area contributed by atoms with Gasteiger partial charge in [0, 0.05) is 37.3 Å². The number of nitrogens with zero attached hydrogens (tertiary/aromatic N) is 3. The number of hydrogen-bond donors (Lipinski definition) is 1.